The molecule has 1 unspecified atom stereocenters. The van der Waals surface area contributed by atoms with E-state index in [9.17, 15) is 9.59 Å². The van der Waals surface area contributed by atoms with Gasteiger partial charge in [-0.05, 0) is 44.5 Å². The van der Waals surface area contributed by atoms with Crippen molar-refractivity contribution in [3.63, 3.8) is 0 Å². The van der Waals surface area contributed by atoms with Crippen molar-refractivity contribution in [2.24, 2.45) is 5.73 Å². The molecule has 21 heavy (non-hydrogen) atoms. The summed E-state index contributed by atoms with van der Waals surface area (Å²) < 4.78 is 0. The lowest BCUT2D eigenvalue weighted by molar-refractivity contribution is -0.116. The van der Waals surface area contributed by atoms with Gasteiger partial charge in [0.1, 0.15) is 0 Å². The monoisotopic (exact) mass is 291 g/mol. The number of carbonyl (C=O) groups excluding carboxylic acids is 2. The summed E-state index contributed by atoms with van der Waals surface area (Å²) in [6.45, 7) is 7.22. The Morgan fingerprint density at radius 2 is 1.71 bits per heavy atom. The lowest BCUT2D eigenvalue weighted by Gasteiger charge is -2.18. The Morgan fingerprint density at radius 3 is 2.19 bits per heavy atom. The largest absolute Gasteiger partial charge is 0.339 e. The van der Waals surface area contributed by atoms with E-state index in [0.29, 0.717) is 30.8 Å². The molecule has 3 N–H and O–H groups in total. The highest BCUT2D eigenvalue weighted by Gasteiger charge is 2.12. The third kappa shape index (κ3) is 5.19. The average molecular weight is 291 g/mol. The van der Waals surface area contributed by atoms with Crippen LogP contribution in [0.15, 0.2) is 24.3 Å². The zero-order chi connectivity index (χ0) is 15.8. The third-order valence-corrected chi connectivity index (χ3v) is 3.44. The number of anilines is 1. The molecule has 0 aliphatic rings. The first-order valence-corrected chi connectivity index (χ1v) is 7.46. The van der Waals surface area contributed by atoms with E-state index in [2.05, 4.69) is 5.32 Å². The van der Waals surface area contributed by atoms with E-state index in [1.807, 2.05) is 20.8 Å². The topological polar surface area (TPSA) is 75.4 Å². The molecule has 1 aromatic carbocycles. The Kier molecular flexibility index (Phi) is 6.88. The summed E-state index contributed by atoms with van der Waals surface area (Å²) in [6.07, 6.45) is 1.07. The fourth-order valence-corrected chi connectivity index (χ4v) is 1.98. The van der Waals surface area contributed by atoms with Crippen LogP contribution in [-0.2, 0) is 4.79 Å². The number of hydrogen-bond donors (Lipinski definition) is 2. The van der Waals surface area contributed by atoms with Crippen LogP contribution < -0.4 is 11.1 Å². The SMILES string of the molecule is CCC(N)CC(=O)Nc1ccc(C(=O)N(CC)CC)cc1. The first-order valence-electron chi connectivity index (χ1n) is 7.46. The van der Waals surface area contributed by atoms with Gasteiger partial charge in [-0.2, -0.15) is 0 Å². The van der Waals surface area contributed by atoms with E-state index >= 15 is 0 Å². The maximum absolute atomic E-state index is 12.1. The molecule has 116 valence electrons. The molecule has 1 rings (SSSR count). The Bertz CT molecular complexity index is 467. The summed E-state index contributed by atoms with van der Waals surface area (Å²) >= 11 is 0. The predicted octanol–water partition coefficient (Wildman–Crippen LogP) is 2.23. The molecule has 0 saturated carbocycles. The molecule has 5 heteroatoms. The quantitative estimate of drug-likeness (QED) is 0.809. The van der Waals surface area contributed by atoms with Gasteiger partial charge in [-0.15, -0.1) is 0 Å². The van der Waals surface area contributed by atoms with Crippen molar-refractivity contribution in [3.8, 4) is 0 Å². The standard InChI is InChI=1S/C16H25N3O2/c1-4-13(17)11-15(20)18-14-9-7-12(8-10-14)16(21)19(5-2)6-3/h7-10,13H,4-6,11,17H2,1-3H3,(H,18,20). The normalized spacial score (nSPS) is 11.8. The fourth-order valence-electron chi connectivity index (χ4n) is 1.98. The maximum atomic E-state index is 12.1. The van der Waals surface area contributed by atoms with Crippen LogP contribution in [0, 0.1) is 0 Å². The Labute approximate surface area is 126 Å². The second kappa shape index (κ2) is 8.42. The Balaban J connectivity index is 2.66. The van der Waals surface area contributed by atoms with Gasteiger partial charge >= 0.3 is 0 Å². The molecule has 0 aromatic heterocycles. The number of nitrogens with one attached hydrogen (secondary N) is 1. The number of hydrogen-bond acceptors (Lipinski definition) is 3. The molecular weight excluding hydrogens is 266 g/mol. The highest BCUT2D eigenvalue weighted by molar-refractivity contribution is 5.95. The van der Waals surface area contributed by atoms with Crippen molar-refractivity contribution in [3.05, 3.63) is 29.8 Å². The lowest BCUT2D eigenvalue weighted by Crippen LogP contribution is -2.30. The molecule has 2 amide bonds. The third-order valence-electron chi connectivity index (χ3n) is 3.44. The first kappa shape index (κ1) is 17.2. The van der Waals surface area contributed by atoms with Gasteiger partial charge in [0.2, 0.25) is 5.91 Å². The molecule has 1 atom stereocenters. The number of benzene rings is 1. The molecule has 0 aliphatic carbocycles. The van der Waals surface area contributed by atoms with E-state index in [4.69, 9.17) is 5.73 Å². The van der Waals surface area contributed by atoms with Crippen LogP contribution in [0.3, 0.4) is 0 Å². The second-order valence-corrected chi connectivity index (χ2v) is 4.98. The van der Waals surface area contributed by atoms with Gasteiger partial charge in [0, 0.05) is 36.8 Å². The van der Waals surface area contributed by atoms with E-state index in [1.54, 1.807) is 29.2 Å². The number of amides is 2. The zero-order valence-corrected chi connectivity index (χ0v) is 13.1. The minimum absolute atomic E-state index is 0.00545. The van der Waals surface area contributed by atoms with Crippen molar-refractivity contribution in [2.45, 2.75) is 39.7 Å². The number of carbonyl (C=O) groups is 2. The lowest BCUT2D eigenvalue weighted by atomic mass is 10.1. The fraction of sp³-hybridized carbons (Fsp3) is 0.500. The van der Waals surface area contributed by atoms with Gasteiger partial charge in [-0.3, -0.25) is 9.59 Å². The van der Waals surface area contributed by atoms with Crippen LogP contribution in [0.1, 0.15) is 44.0 Å². The highest BCUT2D eigenvalue weighted by atomic mass is 16.2. The van der Waals surface area contributed by atoms with E-state index < -0.39 is 0 Å². The van der Waals surface area contributed by atoms with Gasteiger partial charge in [-0.1, -0.05) is 6.92 Å². The second-order valence-electron chi connectivity index (χ2n) is 4.98. The maximum Gasteiger partial charge on any atom is 0.253 e. The summed E-state index contributed by atoms with van der Waals surface area (Å²) in [5.41, 5.74) is 7.05. The molecule has 0 fully saturated rings. The van der Waals surface area contributed by atoms with Crippen molar-refractivity contribution < 1.29 is 9.59 Å². The molecule has 5 nitrogen and oxygen atoms in total. The molecular formula is C16H25N3O2. The van der Waals surface area contributed by atoms with E-state index in [-0.39, 0.29) is 17.9 Å². The van der Waals surface area contributed by atoms with Crippen molar-refractivity contribution >= 4 is 17.5 Å². The van der Waals surface area contributed by atoms with Crippen molar-refractivity contribution in [1.82, 2.24) is 4.90 Å². The molecule has 0 heterocycles. The van der Waals surface area contributed by atoms with Crippen LogP contribution in [0.2, 0.25) is 0 Å². The van der Waals surface area contributed by atoms with Crippen molar-refractivity contribution in [1.29, 1.82) is 0 Å². The van der Waals surface area contributed by atoms with Gasteiger partial charge in [-0.25, -0.2) is 0 Å². The molecule has 0 bridgehead atoms. The van der Waals surface area contributed by atoms with Gasteiger partial charge in [0.15, 0.2) is 0 Å². The minimum Gasteiger partial charge on any atom is -0.339 e. The molecule has 0 saturated heterocycles. The molecule has 0 radical (unpaired) electrons. The zero-order valence-electron chi connectivity index (χ0n) is 13.1. The number of rotatable bonds is 7. The average Bonchev–Trinajstić information content (AvgIpc) is 2.48. The summed E-state index contributed by atoms with van der Waals surface area (Å²) in [5.74, 6) is -0.0990. The van der Waals surface area contributed by atoms with Gasteiger partial charge in [0.05, 0.1) is 0 Å². The van der Waals surface area contributed by atoms with Crippen LogP contribution in [-0.4, -0.2) is 35.8 Å². The van der Waals surface area contributed by atoms with Crippen LogP contribution in [0.25, 0.3) is 0 Å². The summed E-state index contributed by atoms with van der Waals surface area (Å²) in [5, 5.41) is 2.79. The summed E-state index contributed by atoms with van der Waals surface area (Å²) in [4.78, 5) is 25.6. The molecule has 0 spiro atoms. The van der Waals surface area contributed by atoms with Crippen LogP contribution in [0.5, 0.6) is 0 Å². The van der Waals surface area contributed by atoms with E-state index in [1.165, 1.54) is 0 Å². The van der Waals surface area contributed by atoms with Crippen molar-refractivity contribution in [2.75, 3.05) is 18.4 Å². The predicted molar refractivity (Wildman–Crippen MR) is 85.2 cm³/mol. The molecule has 0 aliphatic heterocycles. The first-order chi connectivity index (χ1) is 10.0. The number of nitrogens with zero attached hydrogens (tertiary/aromatic N) is 1. The van der Waals surface area contributed by atoms with Gasteiger partial charge < -0.3 is 16.0 Å². The van der Waals surface area contributed by atoms with Crippen LogP contribution >= 0.6 is 0 Å². The summed E-state index contributed by atoms with van der Waals surface area (Å²) in [6, 6.07) is 6.83. The number of nitrogens with two attached hydrogens (primary N) is 1. The highest BCUT2D eigenvalue weighted by Crippen LogP contribution is 2.12. The smallest absolute Gasteiger partial charge is 0.253 e. The Morgan fingerprint density at radius 1 is 1.14 bits per heavy atom. The summed E-state index contributed by atoms with van der Waals surface area (Å²) in [7, 11) is 0. The Hall–Kier alpha value is -1.88. The van der Waals surface area contributed by atoms with E-state index in [0.717, 1.165) is 6.42 Å². The van der Waals surface area contributed by atoms with Gasteiger partial charge in [0.25, 0.3) is 5.91 Å². The minimum atomic E-state index is -0.117. The molecule has 1 aromatic rings. The van der Waals surface area contributed by atoms with Crippen LogP contribution in [0.4, 0.5) is 5.69 Å².